The van der Waals surface area contributed by atoms with Crippen molar-refractivity contribution in [1.29, 1.82) is 0 Å². The molecule has 2 amide bonds. The number of urea groups is 1. The van der Waals surface area contributed by atoms with Gasteiger partial charge in [-0.3, -0.25) is 0 Å². The summed E-state index contributed by atoms with van der Waals surface area (Å²) in [5.41, 5.74) is 2.46. The maximum Gasteiger partial charge on any atom is 0.328 e. The Balaban J connectivity index is 1.98. The summed E-state index contributed by atoms with van der Waals surface area (Å²) in [6, 6.07) is 3.96. The summed E-state index contributed by atoms with van der Waals surface area (Å²) in [6.45, 7) is 0.447. The van der Waals surface area contributed by atoms with Crippen molar-refractivity contribution in [3.8, 4) is 11.5 Å². The minimum atomic E-state index is -0.724. The highest BCUT2D eigenvalue weighted by atomic mass is 32.2. The van der Waals surface area contributed by atoms with Crippen molar-refractivity contribution in [3.63, 3.8) is 0 Å². The lowest BCUT2D eigenvalue weighted by atomic mass is 9.94. The van der Waals surface area contributed by atoms with Crippen LogP contribution in [0.1, 0.15) is 29.4 Å². The zero-order valence-electron chi connectivity index (χ0n) is 18.1. The van der Waals surface area contributed by atoms with E-state index in [1.54, 1.807) is 43.3 Å². The number of carbonyl (C=O) groups excluding carboxylic acids is 2. The number of benzene rings is 1. The molecule has 1 aliphatic rings. The van der Waals surface area contributed by atoms with E-state index in [0.29, 0.717) is 30.9 Å². The molecule has 0 unspecified atom stereocenters. The molecule has 2 N–H and O–H groups in total. The summed E-state index contributed by atoms with van der Waals surface area (Å²) >= 11 is 1.60. The molecule has 0 saturated carbocycles. The number of aromatic nitrogens is 2. The van der Waals surface area contributed by atoms with Crippen molar-refractivity contribution in [2.45, 2.75) is 24.9 Å². The second-order valence-corrected chi connectivity index (χ2v) is 7.99. The summed E-state index contributed by atoms with van der Waals surface area (Å²) in [5.74, 6) is 1.36. The van der Waals surface area contributed by atoms with Crippen LogP contribution in [0.3, 0.4) is 0 Å². The Hall–Kier alpha value is -2.88. The van der Waals surface area contributed by atoms with Gasteiger partial charge in [0.1, 0.15) is 12.1 Å². The van der Waals surface area contributed by atoms with E-state index in [9.17, 15) is 9.59 Å². The molecule has 0 saturated heterocycles. The highest BCUT2D eigenvalue weighted by Gasteiger charge is 2.37. The van der Waals surface area contributed by atoms with E-state index in [1.165, 1.54) is 7.11 Å². The van der Waals surface area contributed by atoms with Crippen LogP contribution in [0.2, 0.25) is 0 Å². The maximum absolute atomic E-state index is 13.4. The Labute approximate surface area is 185 Å². The number of amides is 2. The number of H-pyrrole nitrogens is 1. The summed E-state index contributed by atoms with van der Waals surface area (Å²) in [7, 11) is 4.46. The van der Waals surface area contributed by atoms with Gasteiger partial charge in [-0.1, -0.05) is 12.1 Å². The largest absolute Gasteiger partial charge is 0.493 e. The molecule has 9 nitrogen and oxygen atoms in total. The van der Waals surface area contributed by atoms with E-state index in [4.69, 9.17) is 14.2 Å². The van der Waals surface area contributed by atoms with Crippen LogP contribution < -0.4 is 14.8 Å². The van der Waals surface area contributed by atoms with Gasteiger partial charge in [-0.05, 0) is 24.5 Å². The van der Waals surface area contributed by atoms with Gasteiger partial charge in [0.05, 0.1) is 33.4 Å². The van der Waals surface area contributed by atoms with Crippen molar-refractivity contribution >= 4 is 23.8 Å². The van der Waals surface area contributed by atoms with Gasteiger partial charge in [-0.15, -0.1) is 0 Å². The van der Waals surface area contributed by atoms with Gasteiger partial charge in [0.2, 0.25) is 0 Å². The highest BCUT2D eigenvalue weighted by molar-refractivity contribution is 7.98. The Morgan fingerprint density at radius 1 is 1.32 bits per heavy atom. The molecule has 1 aliphatic heterocycles. The molecule has 0 aliphatic carbocycles. The number of aromatic amines is 1. The van der Waals surface area contributed by atoms with Gasteiger partial charge in [0.25, 0.3) is 0 Å². The maximum atomic E-state index is 13.4. The Bertz CT molecular complexity index is 919. The molecule has 0 spiro atoms. The summed E-state index contributed by atoms with van der Waals surface area (Å²) in [5, 5.41) is 2.85. The molecule has 2 heterocycles. The standard InChI is InChI=1S/C21H28N4O5S/c1-28-16-7-5-6-13(19(16)29-2)18-17-14(22-12-23-17)8-10-25(18)21(27)24-15(9-11-31-4)20(26)30-3/h5-7,12,15,18H,8-11H2,1-4H3,(H,22,23)(H,24,27)/t15-,18+/m0/s1. The number of nitrogens with zero attached hydrogens (tertiary/aromatic N) is 2. The number of nitrogens with one attached hydrogen (secondary N) is 2. The molecular formula is C21H28N4O5S. The quantitative estimate of drug-likeness (QED) is 0.597. The van der Waals surface area contributed by atoms with E-state index in [0.717, 1.165) is 22.7 Å². The number of para-hydroxylation sites is 1. The first-order chi connectivity index (χ1) is 15.0. The monoisotopic (exact) mass is 448 g/mol. The highest BCUT2D eigenvalue weighted by Crippen LogP contribution is 2.42. The topological polar surface area (TPSA) is 106 Å². The van der Waals surface area contributed by atoms with Crippen molar-refractivity contribution in [1.82, 2.24) is 20.2 Å². The van der Waals surface area contributed by atoms with Gasteiger partial charge < -0.3 is 29.4 Å². The molecule has 0 fully saturated rings. The molecule has 1 aromatic carbocycles. The molecule has 10 heteroatoms. The van der Waals surface area contributed by atoms with Gasteiger partial charge >= 0.3 is 12.0 Å². The van der Waals surface area contributed by atoms with Crippen LogP contribution >= 0.6 is 11.8 Å². The molecule has 0 radical (unpaired) electrons. The molecule has 0 bridgehead atoms. The summed E-state index contributed by atoms with van der Waals surface area (Å²) in [6.07, 6.45) is 4.68. The van der Waals surface area contributed by atoms with Gasteiger partial charge in [-0.25, -0.2) is 14.6 Å². The SMILES string of the molecule is COC(=O)[C@H](CCSC)NC(=O)N1CCc2[nH]cnc2[C@H]1c1cccc(OC)c1OC. The number of carbonyl (C=O) groups is 2. The van der Waals surface area contributed by atoms with E-state index in [2.05, 4.69) is 15.3 Å². The molecular weight excluding hydrogens is 420 g/mol. The Morgan fingerprint density at radius 3 is 2.81 bits per heavy atom. The van der Waals surface area contributed by atoms with E-state index >= 15 is 0 Å². The predicted molar refractivity (Wildman–Crippen MR) is 118 cm³/mol. The lowest BCUT2D eigenvalue weighted by Gasteiger charge is -2.36. The first-order valence-electron chi connectivity index (χ1n) is 9.92. The predicted octanol–water partition coefficient (Wildman–Crippen LogP) is 2.38. The number of esters is 1. The van der Waals surface area contributed by atoms with Crippen LogP contribution in [-0.2, 0) is 16.0 Å². The fourth-order valence-corrected chi connectivity index (χ4v) is 4.27. The van der Waals surface area contributed by atoms with Crippen LogP contribution in [0.4, 0.5) is 4.79 Å². The third kappa shape index (κ3) is 4.73. The van der Waals surface area contributed by atoms with Gasteiger partial charge in [0, 0.05) is 24.2 Å². The molecule has 2 atom stereocenters. The summed E-state index contributed by atoms with van der Waals surface area (Å²) < 4.78 is 16.0. The molecule has 168 valence electrons. The van der Waals surface area contributed by atoms with Crippen molar-refractivity contribution in [3.05, 3.63) is 41.5 Å². The lowest BCUT2D eigenvalue weighted by molar-refractivity contribution is -0.142. The normalized spacial score (nSPS) is 16.3. The number of methoxy groups -OCH3 is 3. The van der Waals surface area contributed by atoms with Gasteiger partial charge in [-0.2, -0.15) is 11.8 Å². The first kappa shape index (κ1) is 22.8. The number of hydrogen-bond donors (Lipinski definition) is 2. The average molecular weight is 449 g/mol. The van der Waals surface area contributed by atoms with Crippen LogP contribution in [0.15, 0.2) is 24.5 Å². The van der Waals surface area contributed by atoms with Gasteiger partial charge in [0.15, 0.2) is 11.5 Å². The minimum absolute atomic E-state index is 0.361. The zero-order chi connectivity index (χ0) is 22.4. The average Bonchev–Trinajstić information content (AvgIpc) is 3.28. The van der Waals surface area contributed by atoms with Crippen LogP contribution in [0, 0.1) is 0 Å². The molecule has 1 aromatic heterocycles. The van der Waals surface area contributed by atoms with Crippen LogP contribution in [0.25, 0.3) is 0 Å². The molecule has 31 heavy (non-hydrogen) atoms. The Morgan fingerprint density at radius 2 is 2.13 bits per heavy atom. The van der Waals surface area contributed by atoms with E-state index in [-0.39, 0.29) is 6.03 Å². The fourth-order valence-electron chi connectivity index (χ4n) is 3.80. The number of hydrogen-bond acceptors (Lipinski definition) is 7. The van der Waals surface area contributed by atoms with Crippen molar-refractivity contribution in [2.24, 2.45) is 0 Å². The zero-order valence-corrected chi connectivity index (χ0v) is 19.0. The molecule has 2 aromatic rings. The van der Waals surface area contributed by atoms with E-state index < -0.39 is 18.1 Å². The van der Waals surface area contributed by atoms with Crippen molar-refractivity contribution < 1.29 is 23.8 Å². The first-order valence-corrected chi connectivity index (χ1v) is 11.3. The number of fused-ring (bicyclic) bond motifs is 1. The number of thioether (sulfide) groups is 1. The minimum Gasteiger partial charge on any atom is -0.493 e. The number of imidazole rings is 1. The summed E-state index contributed by atoms with van der Waals surface area (Å²) in [4.78, 5) is 34.9. The van der Waals surface area contributed by atoms with Crippen molar-refractivity contribution in [2.75, 3.05) is 39.9 Å². The Kier molecular flexibility index (Phi) is 7.67. The third-order valence-electron chi connectivity index (χ3n) is 5.31. The lowest BCUT2D eigenvalue weighted by Crippen LogP contribution is -2.51. The van der Waals surface area contributed by atoms with E-state index in [1.807, 2.05) is 18.4 Å². The second kappa shape index (κ2) is 10.4. The second-order valence-electron chi connectivity index (χ2n) is 7.00. The van der Waals surface area contributed by atoms with Crippen LogP contribution in [0.5, 0.6) is 11.5 Å². The van der Waals surface area contributed by atoms with Crippen LogP contribution in [-0.4, -0.2) is 72.8 Å². The smallest absolute Gasteiger partial charge is 0.328 e. The fraction of sp³-hybridized carbons (Fsp3) is 0.476. The molecule has 3 rings (SSSR count). The number of rotatable bonds is 8. The third-order valence-corrected chi connectivity index (χ3v) is 5.95. The number of ether oxygens (including phenoxy) is 3.